The molecular formula is C10H20O6S2. The van der Waals surface area contributed by atoms with Crippen LogP contribution in [-0.4, -0.2) is 34.6 Å². The Morgan fingerprint density at radius 3 is 2.28 bits per heavy atom. The lowest BCUT2D eigenvalue weighted by Crippen LogP contribution is -2.33. The van der Waals surface area contributed by atoms with E-state index in [0.717, 1.165) is 0 Å². The summed E-state index contributed by atoms with van der Waals surface area (Å²) in [6.45, 7) is 2.94. The van der Waals surface area contributed by atoms with E-state index in [1.54, 1.807) is 6.92 Å². The maximum atomic E-state index is 11.9. The minimum Gasteiger partial charge on any atom is -0.240 e. The second kappa shape index (κ2) is 6.31. The third-order valence-corrected chi connectivity index (χ3v) is 6.36. The van der Waals surface area contributed by atoms with E-state index in [0.29, 0.717) is 25.7 Å². The topological polar surface area (TPSA) is 86.7 Å². The van der Waals surface area contributed by atoms with Gasteiger partial charge in [0.15, 0.2) is 6.79 Å². The third kappa shape index (κ3) is 4.18. The molecule has 18 heavy (non-hydrogen) atoms. The Hall–Kier alpha value is -0.180. The van der Waals surface area contributed by atoms with Gasteiger partial charge in [-0.15, -0.1) is 0 Å². The first-order valence-corrected chi connectivity index (χ1v) is 9.12. The fraction of sp³-hybridized carbons (Fsp3) is 1.00. The monoisotopic (exact) mass is 300 g/mol. The van der Waals surface area contributed by atoms with Crippen molar-refractivity contribution in [3.63, 3.8) is 0 Å². The van der Waals surface area contributed by atoms with Crippen LogP contribution in [0.5, 0.6) is 0 Å². The molecule has 0 N–H and O–H groups in total. The zero-order chi connectivity index (χ0) is 13.8. The Bertz CT molecular complexity index is 453. The van der Waals surface area contributed by atoms with Gasteiger partial charge in [0.1, 0.15) is 0 Å². The van der Waals surface area contributed by atoms with Crippen molar-refractivity contribution in [2.24, 2.45) is 5.92 Å². The molecule has 0 aliphatic carbocycles. The van der Waals surface area contributed by atoms with E-state index in [1.807, 2.05) is 6.92 Å². The Labute approximate surface area is 109 Å². The summed E-state index contributed by atoms with van der Waals surface area (Å²) in [5.74, 6) is -0.170. The predicted molar refractivity (Wildman–Crippen MR) is 66.8 cm³/mol. The summed E-state index contributed by atoms with van der Waals surface area (Å²) < 4.78 is 55.7. The Kier molecular flexibility index (Phi) is 5.57. The van der Waals surface area contributed by atoms with E-state index in [2.05, 4.69) is 8.37 Å². The summed E-state index contributed by atoms with van der Waals surface area (Å²) in [5, 5.41) is -0.591. The molecule has 6 nitrogen and oxygen atoms in total. The largest absolute Gasteiger partial charge is 0.272 e. The van der Waals surface area contributed by atoms with Gasteiger partial charge in [0.25, 0.3) is 20.2 Å². The molecule has 8 heteroatoms. The zero-order valence-electron chi connectivity index (χ0n) is 10.7. The molecule has 1 heterocycles. The van der Waals surface area contributed by atoms with Crippen molar-refractivity contribution in [2.45, 2.75) is 44.8 Å². The summed E-state index contributed by atoms with van der Waals surface area (Å²) in [6, 6.07) is 0. The lowest BCUT2D eigenvalue weighted by Gasteiger charge is -2.25. The van der Waals surface area contributed by atoms with Crippen LogP contribution >= 0.6 is 0 Å². The van der Waals surface area contributed by atoms with Gasteiger partial charge < -0.3 is 0 Å². The summed E-state index contributed by atoms with van der Waals surface area (Å²) in [6.07, 6.45) is 2.09. The first kappa shape index (κ1) is 15.9. The molecule has 1 aliphatic rings. The van der Waals surface area contributed by atoms with Crippen LogP contribution in [0.1, 0.15) is 39.5 Å². The van der Waals surface area contributed by atoms with Crippen LogP contribution in [-0.2, 0) is 28.6 Å². The van der Waals surface area contributed by atoms with Gasteiger partial charge in [-0.2, -0.15) is 16.8 Å². The van der Waals surface area contributed by atoms with E-state index >= 15 is 0 Å². The Balaban J connectivity index is 2.95. The molecule has 1 aliphatic heterocycles. The number of hydrogen-bond donors (Lipinski definition) is 0. The van der Waals surface area contributed by atoms with E-state index < -0.39 is 32.3 Å². The lowest BCUT2D eigenvalue weighted by atomic mass is 9.95. The van der Waals surface area contributed by atoms with Crippen molar-refractivity contribution < 1.29 is 25.2 Å². The van der Waals surface area contributed by atoms with Gasteiger partial charge in [-0.3, -0.25) is 0 Å². The minimum absolute atomic E-state index is 0.0756. The van der Waals surface area contributed by atoms with E-state index in [-0.39, 0.29) is 11.7 Å². The second-order valence-corrected chi connectivity index (χ2v) is 7.95. The molecule has 0 aromatic heterocycles. The average Bonchev–Trinajstić information content (AvgIpc) is 2.26. The second-order valence-electron chi connectivity index (χ2n) is 4.37. The first-order valence-electron chi connectivity index (χ1n) is 6.07. The lowest BCUT2D eigenvalue weighted by molar-refractivity contribution is 0.126. The Morgan fingerprint density at radius 1 is 1.06 bits per heavy atom. The van der Waals surface area contributed by atoms with Crippen LogP contribution in [0.15, 0.2) is 0 Å². The normalized spacial score (nSPS) is 32.8. The fourth-order valence-corrected chi connectivity index (χ4v) is 4.71. The van der Waals surface area contributed by atoms with Crippen LogP contribution in [0.4, 0.5) is 0 Å². The van der Waals surface area contributed by atoms with E-state index in [9.17, 15) is 16.8 Å². The van der Waals surface area contributed by atoms with Gasteiger partial charge in [0.2, 0.25) is 0 Å². The van der Waals surface area contributed by atoms with Crippen LogP contribution in [0.2, 0.25) is 0 Å². The van der Waals surface area contributed by atoms with Gasteiger partial charge in [0.05, 0.1) is 11.0 Å². The first-order chi connectivity index (χ1) is 8.32. The molecule has 0 aromatic rings. The number of hydrogen-bond acceptors (Lipinski definition) is 6. The highest BCUT2D eigenvalue weighted by Crippen LogP contribution is 2.26. The van der Waals surface area contributed by atoms with Crippen molar-refractivity contribution in [3.8, 4) is 0 Å². The molecule has 0 bridgehead atoms. The molecule has 2 atom stereocenters. The molecule has 0 aromatic carbocycles. The molecule has 2 unspecified atom stereocenters. The molecule has 108 valence electrons. The van der Waals surface area contributed by atoms with Crippen molar-refractivity contribution >= 4 is 20.2 Å². The van der Waals surface area contributed by atoms with Gasteiger partial charge in [0, 0.05) is 0 Å². The summed E-state index contributed by atoms with van der Waals surface area (Å²) in [5.41, 5.74) is 0. The van der Waals surface area contributed by atoms with E-state index in [4.69, 9.17) is 0 Å². The fourth-order valence-electron chi connectivity index (χ4n) is 2.25. The predicted octanol–water partition coefficient (Wildman–Crippen LogP) is 1.24. The average molecular weight is 300 g/mol. The number of rotatable bonds is 2. The SMILES string of the molecule is CCC1CCCS(=O)(=O)OCOS(=O)(=O)C1CC. The van der Waals surface area contributed by atoms with Gasteiger partial charge in [-0.25, -0.2) is 8.37 Å². The highest BCUT2D eigenvalue weighted by Gasteiger charge is 2.33. The standard InChI is InChI=1S/C10H20O6S2/c1-3-9-6-5-7-17(11,12)15-8-16-18(13,14)10(9)4-2/h9-10H,3-8H2,1-2H3. The smallest absolute Gasteiger partial charge is 0.240 e. The van der Waals surface area contributed by atoms with Gasteiger partial charge in [-0.1, -0.05) is 20.3 Å². The minimum atomic E-state index is -3.77. The molecule has 1 fully saturated rings. The molecule has 0 saturated carbocycles. The van der Waals surface area contributed by atoms with E-state index in [1.165, 1.54) is 0 Å². The van der Waals surface area contributed by atoms with Crippen LogP contribution in [0.25, 0.3) is 0 Å². The molecule has 0 spiro atoms. The molecule has 0 radical (unpaired) electrons. The summed E-state index contributed by atoms with van der Waals surface area (Å²) >= 11 is 0. The third-order valence-electron chi connectivity index (χ3n) is 3.23. The molecule has 0 amide bonds. The van der Waals surface area contributed by atoms with Gasteiger partial charge in [-0.05, 0) is 25.2 Å². The van der Waals surface area contributed by atoms with Crippen molar-refractivity contribution in [1.29, 1.82) is 0 Å². The maximum Gasteiger partial charge on any atom is 0.272 e. The summed E-state index contributed by atoms with van der Waals surface area (Å²) in [7, 11) is -7.45. The molecular weight excluding hydrogens is 280 g/mol. The zero-order valence-corrected chi connectivity index (χ0v) is 12.3. The molecule has 1 saturated heterocycles. The molecule has 1 rings (SSSR count). The van der Waals surface area contributed by atoms with Crippen LogP contribution in [0.3, 0.4) is 0 Å². The van der Waals surface area contributed by atoms with Crippen LogP contribution in [0, 0.1) is 5.92 Å². The van der Waals surface area contributed by atoms with Crippen molar-refractivity contribution in [2.75, 3.05) is 12.5 Å². The van der Waals surface area contributed by atoms with Crippen molar-refractivity contribution in [3.05, 3.63) is 0 Å². The quantitative estimate of drug-likeness (QED) is 0.713. The van der Waals surface area contributed by atoms with Gasteiger partial charge >= 0.3 is 0 Å². The summed E-state index contributed by atoms with van der Waals surface area (Å²) in [4.78, 5) is 0. The highest BCUT2D eigenvalue weighted by atomic mass is 32.2. The Morgan fingerprint density at radius 2 is 1.72 bits per heavy atom. The van der Waals surface area contributed by atoms with Crippen molar-refractivity contribution in [1.82, 2.24) is 0 Å². The van der Waals surface area contributed by atoms with Crippen LogP contribution < -0.4 is 0 Å². The highest BCUT2D eigenvalue weighted by molar-refractivity contribution is 7.87. The maximum absolute atomic E-state index is 11.9.